The second-order valence-electron chi connectivity index (χ2n) is 4.75. The lowest BCUT2D eigenvalue weighted by molar-refractivity contribution is -0.137. The number of carbonyl (C=O) groups is 1. The van der Waals surface area contributed by atoms with Gasteiger partial charge in [-0.2, -0.15) is 0 Å². The molecule has 1 aromatic carbocycles. The molecule has 128 valence electrons. The highest BCUT2D eigenvalue weighted by Crippen LogP contribution is 2.13. The van der Waals surface area contributed by atoms with E-state index in [0.29, 0.717) is 22.6 Å². The summed E-state index contributed by atoms with van der Waals surface area (Å²) >= 11 is 1.18. The number of hydrogen-bond donors (Lipinski definition) is 1. The van der Waals surface area contributed by atoms with Crippen LogP contribution in [0.1, 0.15) is 12.1 Å². The van der Waals surface area contributed by atoms with Crippen molar-refractivity contribution in [2.24, 2.45) is 5.16 Å². The highest BCUT2D eigenvalue weighted by molar-refractivity contribution is 7.13. The van der Waals surface area contributed by atoms with Gasteiger partial charge in [0.25, 0.3) is 0 Å². The topological polar surface area (TPSA) is 118 Å². The zero-order valence-corrected chi connectivity index (χ0v) is 13.8. The number of nitrogens with zero attached hydrogens (tertiary/aromatic N) is 5. The van der Waals surface area contributed by atoms with E-state index in [2.05, 4.69) is 27.0 Å². The largest absolute Gasteiger partial charge is 0.395 e. The van der Waals surface area contributed by atoms with Crippen molar-refractivity contribution in [3.63, 3.8) is 0 Å². The molecule has 2 N–H and O–H groups in total. The van der Waals surface area contributed by atoms with E-state index in [1.54, 1.807) is 29.7 Å². The van der Waals surface area contributed by atoms with Crippen LogP contribution in [0.5, 0.6) is 0 Å². The number of thiazole rings is 1. The normalized spacial score (nSPS) is 11.4. The van der Waals surface area contributed by atoms with Crippen LogP contribution in [0.15, 0.2) is 47.5 Å². The number of hydrogen-bond acceptors (Lipinski definition) is 9. The zero-order chi connectivity index (χ0) is 17.6. The average molecular weight is 358 g/mol. The summed E-state index contributed by atoms with van der Waals surface area (Å²) in [5, 5.41) is 13.4. The van der Waals surface area contributed by atoms with Gasteiger partial charge in [-0.05, 0) is 17.3 Å². The van der Waals surface area contributed by atoms with Crippen molar-refractivity contribution in [2.45, 2.75) is 6.42 Å². The number of carbonyl (C=O) groups excluding carboxylic acids is 1. The highest BCUT2D eigenvalue weighted by atomic mass is 32.1. The highest BCUT2D eigenvalue weighted by Gasteiger charge is 2.22. The zero-order valence-electron chi connectivity index (χ0n) is 13.0. The summed E-state index contributed by atoms with van der Waals surface area (Å²) in [6.07, 6.45) is 2.26. The number of aromatic nitrogens is 4. The molecule has 0 aliphatic rings. The van der Waals surface area contributed by atoms with Gasteiger partial charge >= 0.3 is 5.97 Å². The second-order valence-corrected chi connectivity index (χ2v) is 5.64. The van der Waals surface area contributed by atoms with Crippen molar-refractivity contribution in [3.8, 4) is 0 Å². The van der Waals surface area contributed by atoms with Gasteiger partial charge in [-0.3, -0.25) is 0 Å². The minimum atomic E-state index is -0.792. The van der Waals surface area contributed by atoms with Crippen LogP contribution >= 0.6 is 11.3 Å². The van der Waals surface area contributed by atoms with E-state index in [9.17, 15) is 4.79 Å². The molecule has 10 heteroatoms. The summed E-state index contributed by atoms with van der Waals surface area (Å²) in [7, 11) is 0. The van der Waals surface area contributed by atoms with Gasteiger partial charge in [-0.25, -0.2) is 9.78 Å². The monoisotopic (exact) mass is 358 g/mol. The van der Waals surface area contributed by atoms with Gasteiger partial charge in [0, 0.05) is 11.8 Å². The van der Waals surface area contributed by atoms with Crippen LogP contribution in [0.2, 0.25) is 0 Å². The molecule has 0 spiro atoms. The fraction of sp³-hybridized carbons (Fsp3) is 0.133. The Balaban J connectivity index is 1.84. The summed E-state index contributed by atoms with van der Waals surface area (Å²) in [6, 6.07) is 7.06. The molecule has 0 saturated carbocycles. The third-order valence-electron chi connectivity index (χ3n) is 3.02. The van der Waals surface area contributed by atoms with Crippen molar-refractivity contribution < 1.29 is 14.5 Å². The molecular weight excluding hydrogens is 344 g/mol. The molecule has 0 amide bonds. The smallest absolute Gasteiger partial charge is 0.389 e. The van der Waals surface area contributed by atoms with Crippen LogP contribution in [-0.2, 0) is 9.63 Å². The molecule has 0 saturated heterocycles. The van der Waals surface area contributed by atoms with Gasteiger partial charge < -0.3 is 15.4 Å². The predicted molar refractivity (Wildman–Crippen MR) is 92.9 cm³/mol. The predicted octanol–water partition coefficient (Wildman–Crippen LogP) is 1.42. The molecule has 0 bridgehead atoms. The second kappa shape index (κ2) is 7.53. The first kappa shape index (κ1) is 16.6. The first-order chi connectivity index (χ1) is 12.2. The maximum atomic E-state index is 12.5. The molecule has 0 atom stereocenters. The molecule has 3 aromatic rings. The number of anilines is 1. The average Bonchev–Trinajstić information content (AvgIpc) is 3.22. The summed E-state index contributed by atoms with van der Waals surface area (Å²) in [4.78, 5) is 27.9. The summed E-state index contributed by atoms with van der Waals surface area (Å²) in [5.74, 6) is -0.792. The van der Waals surface area contributed by atoms with E-state index < -0.39 is 5.97 Å². The van der Waals surface area contributed by atoms with E-state index in [-0.39, 0.29) is 18.0 Å². The van der Waals surface area contributed by atoms with Crippen molar-refractivity contribution in [1.82, 2.24) is 20.1 Å². The van der Waals surface area contributed by atoms with Gasteiger partial charge in [0.1, 0.15) is 23.3 Å². The molecule has 0 radical (unpaired) electrons. The Morgan fingerprint density at radius 2 is 2.28 bits per heavy atom. The lowest BCUT2D eigenvalue weighted by Gasteiger charge is -2.05. The fourth-order valence-corrected chi connectivity index (χ4v) is 2.42. The van der Waals surface area contributed by atoms with Gasteiger partial charge in [0.05, 0.1) is 0 Å². The van der Waals surface area contributed by atoms with Crippen molar-refractivity contribution in [1.29, 1.82) is 0 Å². The van der Waals surface area contributed by atoms with Crippen LogP contribution in [0.25, 0.3) is 11.0 Å². The number of para-hydroxylation sites is 1. The van der Waals surface area contributed by atoms with E-state index in [1.807, 2.05) is 6.07 Å². The SMILES string of the molecule is C=CCCO/N=C(\C(=O)On1nnc2ccccc21)c1csc(N)n1. The van der Waals surface area contributed by atoms with Crippen LogP contribution in [0.4, 0.5) is 5.13 Å². The molecule has 25 heavy (non-hydrogen) atoms. The van der Waals surface area contributed by atoms with Gasteiger partial charge in [-0.15, -0.1) is 23.0 Å². The quantitative estimate of drug-likeness (QED) is 0.223. The fourth-order valence-electron chi connectivity index (χ4n) is 1.87. The molecule has 9 nitrogen and oxygen atoms in total. The summed E-state index contributed by atoms with van der Waals surface area (Å²) in [6.45, 7) is 3.86. The van der Waals surface area contributed by atoms with Crippen molar-refractivity contribution in [2.75, 3.05) is 12.3 Å². The Hall–Kier alpha value is -3.27. The Morgan fingerprint density at radius 3 is 3.04 bits per heavy atom. The van der Waals surface area contributed by atoms with Crippen molar-refractivity contribution in [3.05, 3.63) is 48.0 Å². The molecule has 0 aliphatic heterocycles. The molecular formula is C15H14N6O3S. The standard InChI is InChI=1S/C15H14N6O3S/c1-2-3-8-23-19-13(11-9-25-15(16)17-11)14(22)24-21-12-7-5-4-6-10(12)18-20-21/h2,4-7,9H,1,3,8H2,(H2,16,17)/b19-13-. The molecule has 0 unspecified atom stereocenters. The number of benzene rings is 1. The molecule has 0 fully saturated rings. The molecule has 2 heterocycles. The van der Waals surface area contributed by atoms with Gasteiger partial charge in [0.2, 0.25) is 5.71 Å². The number of nitrogens with two attached hydrogens (primary N) is 1. The lowest BCUT2D eigenvalue weighted by Crippen LogP contribution is -2.29. The third kappa shape index (κ3) is 3.80. The third-order valence-corrected chi connectivity index (χ3v) is 3.69. The first-order valence-electron chi connectivity index (χ1n) is 7.24. The van der Waals surface area contributed by atoms with Crippen LogP contribution in [-0.4, -0.2) is 38.4 Å². The van der Waals surface area contributed by atoms with Gasteiger partial charge in [0.15, 0.2) is 5.13 Å². The molecule has 0 aliphatic carbocycles. The van der Waals surface area contributed by atoms with Crippen LogP contribution in [0.3, 0.4) is 0 Å². The van der Waals surface area contributed by atoms with Gasteiger partial charge in [-0.1, -0.05) is 28.2 Å². The number of oxime groups is 1. The maximum Gasteiger partial charge on any atom is 0.389 e. The first-order valence-corrected chi connectivity index (χ1v) is 8.12. The molecule has 2 aromatic heterocycles. The van der Waals surface area contributed by atoms with Crippen molar-refractivity contribution >= 4 is 39.2 Å². The van der Waals surface area contributed by atoms with Crippen LogP contribution < -0.4 is 10.6 Å². The van der Waals surface area contributed by atoms with E-state index in [0.717, 1.165) is 4.85 Å². The van der Waals surface area contributed by atoms with E-state index in [4.69, 9.17) is 15.4 Å². The number of fused-ring (bicyclic) bond motifs is 1. The Labute approximate surface area is 146 Å². The molecule has 3 rings (SSSR count). The number of nitrogen functional groups attached to an aromatic ring is 1. The van der Waals surface area contributed by atoms with E-state index in [1.165, 1.54) is 11.3 Å². The Bertz CT molecular complexity index is 932. The minimum Gasteiger partial charge on any atom is -0.395 e. The maximum absolute atomic E-state index is 12.5. The summed E-state index contributed by atoms with van der Waals surface area (Å²) < 4.78 is 0. The lowest BCUT2D eigenvalue weighted by atomic mass is 10.3. The Morgan fingerprint density at radius 1 is 1.44 bits per heavy atom. The van der Waals surface area contributed by atoms with Crippen LogP contribution in [0, 0.1) is 0 Å². The summed E-state index contributed by atoms with van der Waals surface area (Å²) in [5.41, 5.74) is 6.90. The Kier molecular flexibility index (Phi) is 5.00. The van der Waals surface area contributed by atoms with E-state index >= 15 is 0 Å². The minimum absolute atomic E-state index is 0.114. The number of rotatable bonds is 7.